The molecular formula is C33H47N3O13. The Labute approximate surface area is 284 Å². The molecule has 2 saturated heterocycles. The lowest BCUT2D eigenvalue weighted by Gasteiger charge is -2.38. The van der Waals surface area contributed by atoms with Crippen LogP contribution in [0.1, 0.15) is 65.4 Å². The molecule has 0 aliphatic carbocycles. The summed E-state index contributed by atoms with van der Waals surface area (Å²) in [7, 11) is 0. The number of carboxylic acid groups (broad SMARTS) is 1. The Bertz CT molecular complexity index is 1370. The summed E-state index contributed by atoms with van der Waals surface area (Å²) in [4.78, 5) is 74.8. The zero-order chi connectivity index (χ0) is 36.4. The number of ether oxygens (including phenoxy) is 3. The lowest BCUT2D eigenvalue weighted by molar-refractivity contribution is -0.271. The van der Waals surface area contributed by atoms with Crippen molar-refractivity contribution in [1.82, 2.24) is 10.2 Å². The van der Waals surface area contributed by atoms with Crippen molar-refractivity contribution in [2.75, 3.05) is 25.0 Å². The summed E-state index contributed by atoms with van der Waals surface area (Å²) in [6.45, 7) is 7.41. The molecule has 1 aromatic rings. The Morgan fingerprint density at radius 3 is 2.39 bits per heavy atom. The Morgan fingerprint density at radius 1 is 1.02 bits per heavy atom. The van der Waals surface area contributed by atoms with Crippen molar-refractivity contribution in [3.8, 4) is 5.75 Å². The number of hydrogen-bond acceptors (Lipinski definition) is 12. The topological polar surface area (TPSA) is 238 Å². The van der Waals surface area contributed by atoms with E-state index in [0.717, 1.165) is 11.3 Å². The largest absolute Gasteiger partial charge is 0.479 e. The van der Waals surface area contributed by atoms with E-state index in [2.05, 4.69) is 10.6 Å². The fraction of sp³-hybridized carbons (Fsp3) is 0.636. The summed E-state index contributed by atoms with van der Waals surface area (Å²) in [6, 6.07) is 4.45. The van der Waals surface area contributed by atoms with Gasteiger partial charge in [-0.05, 0) is 23.6 Å². The van der Waals surface area contributed by atoms with Crippen molar-refractivity contribution in [1.29, 1.82) is 0 Å². The molecule has 5 unspecified atom stereocenters. The quantitative estimate of drug-likeness (QED) is 0.114. The van der Waals surface area contributed by atoms with E-state index in [1.54, 1.807) is 19.9 Å². The number of hydrogen-bond donors (Lipinski definition) is 6. The highest BCUT2D eigenvalue weighted by atomic mass is 16.7. The number of aliphatic hydroxyl groups is 3. The second-order valence-electron chi connectivity index (χ2n) is 12.4. The highest BCUT2D eigenvalue weighted by Gasteiger charge is 2.48. The van der Waals surface area contributed by atoms with Crippen molar-refractivity contribution >= 4 is 41.1 Å². The van der Waals surface area contributed by atoms with Gasteiger partial charge in [0.05, 0.1) is 18.9 Å². The van der Waals surface area contributed by atoms with E-state index in [1.807, 2.05) is 13.8 Å². The van der Waals surface area contributed by atoms with Gasteiger partial charge in [-0.1, -0.05) is 40.2 Å². The molecule has 3 rings (SSSR count). The van der Waals surface area contributed by atoms with Crippen molar-refractivity contribution in [3.63, 3.8) is 0 Å². The summed E-state index contributed by atoms with van der Waals surface area (Å²) >= 11 is 0. The number of ketones is 1. The minimum absolute atomic E-state index is 0.0371. The minimum Gasteiger partial charge on any atom is -0.479 e. The van der Waals surface area contributed by atoms with Crippen molar-refractivity contribution in [2.24, 2.45) is 17.8 Å². The molecule has 16 nitrogen and oxygen atoms in total. The number of nitrogens with zero attached hydrogens (tertiary/aromatic N) is 1. The first kappa shape index (κ1) is 39.5. The van der Waals surface area contributed by atoms with Crippen LogP contribution >= 0.6 is 0 Å². The first-order valence-electron chi connectivity index (χ1n) is 16.4. The number of nitrogens with one attached hydrogen (secondary N) is 2. The molecule has 8 atom stereocenters. The summed E-state index contributed by atoms with van der Waals surface area (Å²) < 4.78 is 16.5. The molecule has 6 N–H and O–H groups in total. The van der Waals surface area contributed by atoms with Gasteiger partial charge in [0.1, 0.15) is 29.8 Å². The zero-order valence-electron chi connectivity index (χ0n) is 28.1. The van der Waals surface area contributed by atoms with Gasteiger partial charge < -0.3 is 45.3 Å². The molecule has 2 heterocycles. The molecule has 4 amide bonds. The number of carbonyl (C=O) groups excluding carboxylic acids is 5. The first-order valence-corrected chi connectivity index (χ1v) is 16.4. The summed E-state index contributed by atoms with van der Waals surface area (Å²) in [6.07, 6.45) is -8.43. The third kappa shape index (κ3) is 10.5. The molecule has 272 valence electrons. The molecule has 0 saturated carbocycles. The number of imide groups is 1. The highest BCUT2D eigenvalue weighted by molar-refractivity contribution is 6.04. The van der Waals surface area contributed by atoms with Gasteiger partial charge in [-0.3, -0.25) is 28.9 Å². The predicted molar refractivity (Wildman–Crippen MR) is 171 cm³/mol. The molecule has 1 aromatic carbocycles. The van der Waals surface area contributed by atoms with Gasteiger partial charge in [-0.25, -0.2) is 4.79 Å². The fourth-order valence-corrected chi connectivity index (χ4v) is 5.44. The average molecular weight is 694 g/mol. The number of anilines is 1. The molecule has 49 heavy (non-hydrogen) atoms. The van der Waals surface area contributed by atoms with Gasteiger partial charge in [0.2, 0.25) is 29.9 Å². The third-order valence-corrected chi connectivity index (χ3v) is 8.76. The number of carboxylic acids is 1. The minimum atomic E-state index is -1.93. The smallest absolute Gasteiger partial charge is 0.335 e. The number of aliphatic hydroxyl groups excluding tert-OH is 3. The number of benzene rings is 1. The van der Waals surface area contributed by atoms with E-state index in [-0.39, 0.29) is 92.4 Å². The van der Waals surface area contributed by atoms with Crippen LogP contribution in [-0.4, -0.2) is 111 Å². The molecule has 2 aliphatic rings. The van der Waals surface area contributed by atoms with Gasteiger partial charge in [0, 0.05) is 50.6 Å². The van der Waals surface area contributed by atoms with Crippen LogP contribution in [0.3, 0.4) is 0 Å². The normalized spacial score (nSPS) is 25.1. The molecular weight excluding hydrogens is 646 g/mol. The molecule has 0 spiro atoms. The van der Waals surface area contributed by atoms with Gasteiger partial charge in [0.25, 0.3) is 0 Å². The summed E-state index contributed by atoms with van der Waals surface area (Å²) in [5, 5.41) is 45.2. The van der Waals surface area contributed by atoms with Crippen LogP contribution < -0.4 is 15.4 Å². The second-order valence-corrected chi connectivity index (χ2v) is 12.4. The van der Waals surface area contributed by atoms with Crippen LogP contribution in [0.15, 0.2) is 18.2 Å². The Kier molecular flexibility index (Phi) is 14.6. The van der Waals surface area contributed by atoms with Crippen LogP contribution in [0.2, 0.25) is 0 Å². The molecule has 0 aromatic heterocycles. The maximum atomic E-state index is 12.9. The number of Topliss-reactive ketones (excluding diaryl/α,β-unsaturated/α-hetero) is 1. The average Bonchev–Trinajstić information content (AvgIpc) is 3.35. The fourth-order valence-electron chi connectivity index (χ4n) is 5.44. The van der Waals surface area contributed by atoms with Crippen LogP contribution in [0.5, 0.6) is 5.75 Å². The molecule has 2 aliphatic heterocycles. The second kappa shape index (κ2) is 18.2. The van der Waals surface area contributed by atoms with Gasteiger partial charge in [-0.15, -0.1) is 0 Å². The highest BCUT2D eigenvalue weighted by Crippen LogP contribution is 2.32. The maximum Gasteiger partial charge on any atom is 0.335 e. The summed E-state index contributed by atoms with van der Waals surface area (Å²) in [5.74, 6) is -3.93. The Hall–Kier alpha value is -3.96. The maximum absolute atomic E-state index is 12.9. The van der Waals surface area contributed by atoms with Crippen molar-refractivity contribution in [3.05, 3.63) is 23.8 Å². The standard InChI is InChI=1S/C33H47N3O13/c1-5-17(3)20-14-26(40)36(31(20)44)12-10-24(38)34-11-9-25(39)35-21-13-19(16-47-15-18(4)22(37)6-2)7-8-23(21)48-33-29(43)27(41)28(42)30(49-33)32(45)46/h7-8,13,17-18,20,27-30,33,41-43H,5-6,9-12,14-16H2,1-4H3,(H,34,38)(H,35,39)(H,45,46)/t17?,18?,20-,27?,28-,29?,30?,33+/m0/s1. The number of rotatable bonds is 18. The molecule has 0 bridgehead atoms. The van der Waals surface area contributed by atoms with E-state index in [1.165, 1.54) is 12.1 Å². The lowest BCUT2D eigenvalue weighted by atomic mass is 9.90. The van der Waals surface area contributed by atoms with E-state index in [0.29, 0.717) is 12.0 Å². The summed E-state index contributed by atoms with van der Waals surface area (Å²) in [5.41, 5.74) is 0.609. The molecule has 2 fully saturated rings. The predicted octanol–water partition coefficient (Wildman–Crippen LogP) is 0.346. The van der Waals surface area contributed by atoms with E-state index < -0.39 is 48.5 Å². The van der Waals surface area contributed by atoms with Gasteiger partial charge >= 0.3 is 5.97 Å². The van der Waals surface area contributed by atoms with Gasteiger partial charge in [0.15, 0.2) is 6.10 Å². The molecule has 16 heteroatoms. The van der Waals surface area contributed by atoms with Crippen LogP contribution in [0.25, 0.3) is 0 Å². The Balaban J connectivity index is 1.63. The third-order valence-electron chi connectivity index (χ3n) is 8.76. The van der Waals surface area contributed by atoms with E-state index >= 15 is 0 Å². The number of amides is 4. The van der Waals surface area contributed by atoms with Crippen molar-refractivity contribution in [2.45, 2.75) is 97.1 Å². The van der Waals surface area contributed by atoms with E-state index in [9.17, 15) is 49.2 Å². The lowest BCUT2D eigenvalue weighted by Crippen LogP contribution is -2.61. The molecule has 0 radical (unpaired) electrons. The SMILES string of the molecule is CCC(=O)C(C)COCc1ccc(O[C@@H]2OC(C(=O)O)[C@@H](O)C(O)C2O)c(NC(=O)CCNC(=O)CCN2C(=O)C[C@@H](C(C)CC)C2=O)c1. The van der Waals surface area contributed by atoms with Crippen LogP contribution in [0, 0.1) is 17.8 Å². The first-order chi connectivity index (χ1) is 23.2. The number of carbonyl (C=O) groups is 6. The van der Waals surface area contributed by atoms with Gasteiger partial charge in [-0.2, -0.15) is 0 Å². The monoisotopic (exact) mass is 693 g/mol. The Morgan fingerprint density at radius 2 is 1.73 bits per heavy atom. The van der Waals surface area contributed by atoms with Crippen LogP contribution in [-0.2, 0) is 44.8 Å². The number of aliphatic carboxylic acids is 1. The zero-order valence-corrected chi connectivity index (χ0v) is 28.1. The van der Waals surface area contributed by atoms with Crippen molar-refractivity contribution < 1.29 is 63.4 Å². The van der Waals surface area contributed by atoms with E-state index in [4.69, 9.17) is 14.2 Å². The number of likely N-dealkylation sites (tertiary alicyclic amines) is 1. The van der Waals surface area contributed by atoms with Crippen LogP contribution in [0.4, 0.5) is 5.69 Å².